The van der Waals surface area contributed by atoms with E-state index in [1.54, 1.807) is 15.3 Å². The summed E-state index contributed by atoms with van der Waals surface area (Å²) in [6.45, 7) is 5.05. The summed E-state index contributed by atoms with van der Waals surface area (Å²) in [5.41, 5.74) is 4.44. The summed E-state index contributed by atoms with van der Waals surface area (Å²) in [4.78, 5) is 17.2. The molecular weight excluding hydrogens is 402 g/mol. The molecule has 0 saturated carbocycles. The zero-order chi connectivity index (χ0) is 21.1. The molecule has 0 aliphatic heterocycles. The lowest BCUT2D eigenvalue weighted by Crippen LogP contribution is -2.25. The largest absolute Gasteiger partial charge is 0.329 e. The van der Waals surface area contributed by atoms with E-state index in [1.165, 1.54) is 0 Å². The normalized spacial score (nSPS) is 11.2. The van der Waals surface area contributed by atoms with Crippen LogP contribution in [0.4, 0.5) is 0 Å². The van der Waals surface area contributed by atoms with Crippen LogP contribution in [-0.2, 0) is 19.5 Å². The molecule has 0 fully saturated rings. The van der Waals surface area contributed by atoms with Crippen LogP contribution < -0.4 is 5.69 Å². The first-order valence-corrected chi connectivity index (χ1v) is 10.3. The smallest absolute Gasteiger partial charge is 0.290 e. The molecule has 3 heterocycles. The summed E-state index contributed by atoms with van der Waals surface area (Å²) in [6.07, 6.45) is 3.40. The molecule has 0 saturated heterocycles. The second kappa shape index (κ2) is 8.62. The van der Waals surface area contributed by atoms with Crippen LogP contribution in [0.25, 0.3) is 22.6 Å². The maximum absolute atomic E-state index is 12.8. The second-order valence-corrected chi connectivity index (χ2v) is 7.30. The first-order valence-electron chi connectivity index (χ1n) is 9.90. The van der Waals surface area contributed by atoms with Crippen LogP contribution in [0.1, 0.15) is 31.5 Å². The Kier molecular flexibility index (Phi) is 5.76. The average molecular weight is 424 g/mol. The lowest BCUT2D eigenvalue weighted by atomic mass is 10.0. The highest BCUT2D eigenvalue weighted by Crippen LogP contribution is 2.28. The first kappa shape index (κ1) is 20.0. The molecule has 0 amide bonds. The minimum Gasteiger partial charge on any atom is -0.290 e. The standard InChI is InChI=1S/C21H22ClN7O/c1-3-6-17-19(22)28(4-2)21(30)29(17)13-14-8-10-15(11-9-14)16-7-5-12-23-18(16)20-24-26-27-25-20/h5,7-12H,3-4,6,13H2,1-2H3,(H,24,25,26,27). The summed E-state index contributed by atoms with van der Waals surface area (Å²) in [5.74, 6) is 0.515. The number of nitrogens with zero attached hydrogens (tertiary/aromatic N) is 6. The summed E-state index contributed by atoms with van der Waals surface area (Å²) in [7, 11) is 0. The second-order valence-electron chi connectivity index (χ2n) is 6.95. The van der Waals surface area contributed by atoms with Gasteiger partial charge in [0.05, 0.1) is 12.2 Å². The highest BCUT2D eigenvalue weighted by molar-refractivity contribution is 6.30. The fourth-order valence-corrected chi connectivity index (χ4v) is 3.97. The van der Waals surface area contributed by atoms with Gasteiger partial charge in [0.25, 0.3) is 0 Å². The van der Waals surface area contributed by atoms with E-state index in [1.807, 2.05) is 43.3 Å². The van der Waals surface area contributed by atoms with E-state index in [0.29, 0.717) is 29.8 Å². The van der Waals surface area contributed by atoms with Gasteiger partial charge in [0.2, 0.25) is 0 Å². The number of imidazole rings is 1. The van der Waals surface area contributed by atoms with E-state index in [4.69, 9.17) is 11.6 Å². The van der Waals surface area contributed by atoms with Gasteiger partial charge in [0, 0.05) is 18.3 Å². The molecule has 0 radical (unpaired) electrons. The van der Waals surface area contributed by atoms with Crippen molar-refractivity contribution < 1.29 is 0 Å². The van der Waals surface area contributed by atoms with Gasteiger partial charge in [0.1, 0.15) is 10.8 Å². The van der Waals surface area contributed by atoms with Gasteiger partial charge >= 0.3 is 5.69 Å². The number of halogens is 1. The molecule has 0 atom stereocenters. The summed E-state index contributed by atoms with van der Waals surface area (Å²) < 4.78 is 3.40. The lowest BCUT2D eigenvalue weighted by Gasteiger charge is -2.09. The molecule has 4 aromatic rings. The predicted octanol–water partition coefficient (Wildman–Crippen LogP) is 3.57. The van der Waals surface area contributed by atoms with Crippen molar-refractivity contribution in [2.45, 2.75) is 39.8 Å². The molecule has 3 aromatic heterocycles. The number of aromatic amines is 1. The van der Waals surface area contributed by atoms with E-state index in [-0.39, 0.29) is 5.69 Å². The van der Waals surface area contributed by atoms with Gasteiger partial charge < -0.3 is 0 Å². The molecule has 0 spiro atoms. The minimum atomic E-state index is -0.0672. The van der Waals surface area contributed by atoms with E-state index in [2.05, 4.69) is 32.5 Å². The van der Waals surface area contributed by atoms with E-state index in [0.717, 1.165) is 35.2 Å². The molecule has 8 nitrogen and oxygen atoms in total. The van der Waals surface area contributed by atoms with Crippen LogP contribution >= 0.6 is 11.6 Å². The number of pyridine rings is 1. The van der Waals surface area contributed by atoms with Gasteiger partial charge in [0.15, 0.2) is 5.82 Å². The summed E-state index contributed by atoms with van der Waals surface area (Å²) >= 11 is 6.47. The SMILES string of the molecule is CCCc1c(Cl)n(CC)c(=O)n1Cc1ccc(-c2cccnc2-c2nnn[nH]2)cc1. The zero-order valence-corrected chi connectivity index (χ0v) is 17.6. The number of rotatable bonds is 7. The van der Waals surface area contributed by atoms with Gasteiger partial charge in [-0.2, -0.15) is 0 Å². The maximum atomic E-state index is 12.8. The zero-order valence-electron chi connectivity index (χ0n) is 16.8. The Bertz CT molecular complexity index is 1190. The van der Waals surface area contributed by atoms with Crippen molar-refractivity contribution in [1.29, 1.82) is 0 Å². The van der Waals surface area contributed by atoms with Gasteiger partial charge in [-0.15, -0.1) is 5.10 Å². The Balaban J connectivity index is 1.66. The van der Waals surface area contributed by atoms with Gasteiger partial charge in [-0.1, -0.05) is 55.3 Å². The molecular formula is C21H22ClN7O. The van der Waals surface area contributed by atoms with Crippen molar-refractivity contribution in [2.24, 2.45) is 0 Å². The quantitative estimate of drug-likeness (QED) is 0.490. The molecule has 1 N–H and O–H groups in total. The first-order chi connectivity index (χ1) is 14.6. The lowest BCUT2D eigenvalue weighted by molar-refractivity contribution is 0.653. The Hall–Kier alpha value is -3.26. The van der Waals surface area contributed by atoms with Gasteiger partial charge in [-0.05, 0) is 41.0 Å². The van der Waals surface area contributed by atoms with Crippen molar-refractivity contribution in [1.82, 2.24) is 34.7 Å². The Morgan fingerprint density at radius 1 is 1.10 bits per heavy atom. The topological polar surface area (TPSA) is 94.3 Å². The third kappa shape index (κ3) is 3.66. The Labute approximate surface area is 178 Å². The number of H-pyrrole nitrogens is 1. The Morgan fingerprint density at radius 3 is 2.57 bits per heavy atom. The van der Waals surface area contributed by atoms with Crippen LogP contribution in [0.15, 0.2) is 47.4 Å². The van der Waals surface area contributed by atoms with Crippen molar-refractivity contribution in [2.75, 3.05) is 0 Å². The van der Waals surface area contributed by atoms with E-state index >= 15 is 0 Å². The molecule has 0 bridgehead atoms. The Morgan fingerprint density at radius 2 is 1.90 bits per heavy atom. The summed E-state index contributed by atoms with van der Waals surface area (Å²) in [6, 6.07) is 11.9. The summed E-state index contributed by atoms with van der Waals surface area (Å²) in [5, 5.41) is 14.5. The van der Waals surface area contributed by atoms with Crippen molar-refractivity contribution in [3.8, 4) is 22.6 Å². The van der Waals surface area contributed by atoms with Crippen LogP contribution in [0, 0.1) is 0 Å². The fraction of sp³-hybridized carbons (Fsp3) is 0.286. The molecule has 154 valence electrons. The number of nitrogens with one attached hydrogen (secondary N) is 1. The van der Waals surface area contributed by atoms with Crippen LogP contribution in [0.5, 0.6) is 0 Å². The van der Waals surface area contributed by atoms with Crippen LogP contribution in [0.3, 0.4) is 0 Å². The van der Waals surface area contributed by atoms with Gasteiger partial charge in [-0.3, -0.25) is 14.1 Å². The third-order valence-electron chi connectivity index (χ3n) is 5.05. The third-order valence-corrected chi connectivity index (χ3v) is 5.47. The number of hydrogen-bond donors (Lipinski definition) is 1. The molecule has 0 aliphatic rings. The number of benzene rings is 1. The molecule has 1 aromatic carbocycles. The number of hydrogen-bond acceptors (Lipinski definition) is 5. The van der Waals surface area contributed by atoms with Crippen molar-refractivity contribution in [3.63, 3.8) is 0 Å². The van der Waals surface area contributed by atoms with Crippen molar-refractivity contribution >= 4 is 11.6 Å². The number of tetrazole rings is 1. The molecule has 30 heavy (non-hydrogen) atoms. The van der Waals surface area contributed by atoms with E-state index in [9.17, 15) is 4.79 Å². The fourth-order valence-electron chi connectivity index (χ4n) is 3.58. The average Bonchev–Trinajstić information content (AvgIpc) is 3.38. The van der Waals surface area contributed by atoms with Crippen LogP contribution in [0.2, 0.25) is 5.15 Å². The molecule has 4 rings (SSSR count). The maximum Gasteiger partial charge on any atom is 0.329 e. The van der Waals surface area contributed by atoms with E-state index < -0.39 is 0 Å². The molecule has 0 aliphatic carbocycles. The molecule has 9 heteroatoms. The monoisotopic (exact) mass is 423 g/mol. The predicted molar refractivity (Wildman–Crippen MR) is 115 cm³/mol. The molecule has 0 unspecified atom stereocenters. The van der Waals surface area contributed by atoms with Gasteiger partial charge in [-0.25, -0.2) is 9.89 Å². The highest BCUT2D eigenvalue weighted by atomic mass is 35.5. The number of aromatic nitrogens is 7. The minimum absolute atomic E-state index is 0.0672. The van der Waals surface area contributed by atoms with Crippen molar-refractivity contribution in [3.05, 3.63) is 69.5 Å². The highest BCUT2D eigenvalue weighted by Gasteiger charge is 2.17. The van der Waals surface area contributed by atoms with Crippen LogP contribution in [-0.4, -0.2) is 34.7 Å².